The van der Waals surface area contributed by atoms with Crippen molar-refractivity contribution in [2.24, 2.45) is 0 Å². The summed E-state index contributed by atoms with van der Waals surface area (Å²) in [7, 11) is -5.61. The first kappa shape index (κ1) is 15.6. The number of hydrogen-bond acceptors (Lipinski definition) is 4. The zero-order valence-corrected chi connectivity index (χ0v) is 5.01. The normalized spacial score (nSPS) is 8.57. The van der Waals surface area contributed by atoms with Crippen molar-refractivity contribution in [1.82, 2.24) is 0 Å². The fourth-order valence-corrected chi connectivity index (χ4v) is 0. The van der Waals surface area contributed by atoms with Gasteiger partial charge in [-0.05, 0) is 0 Å². The molecule has 5 nitrogen and oxygen atoms in total. The Kier molecular flexibility index (Phi) is 10.5. The standard InChI is InChI=1S/Co.O4Si.H2O/c;1-5(2,3)4;/h;;1H2/q+4;-4;. The summed E-state index contributed by atoms with van der Waals surface area (Å²) in [6.07, 6.45) is 0. The Morgan fingerprint density at radius 3 is 0.857 bits per heavy atom. The van der Waals surface area contributed by atoms with Crippen LogP contribution < -0.4 is 19.2 Å². The molecule has 2 N–H and O–H groups in total. The second-order valence-corrected chi connectivity index (χ2v) is 1.50. The fourth-order valence-electron chi connectivity index (χ4n) is 0. The van der Waals surface area contributed by atoms with Crippen molar-refractivity contribution in [2.75, 3.05) is 0 Å². The molecule has 0 rings (SSSR count). The molecule has 0 aromatic heterocycles. The molecule has 0 fully saturated rings. The molecule has 0 aromatic rings. The van der Waals surface area contributed by atoms with E-state index in [0.717, 1.165) is 0 Å². The van der Waals surface area contributed by atoms with Crippen LogP contribution in [0.5, 0.6) is 0 Å². The zero-order valence-electron chi connectivity index (χ0n) is 2.97. The van der Waals surface area contributed by atoms with Crippen LogP contribution in [-0.4, -0.2) is 14.5 Å². The van der Waals surface area contributed by atoms with Gasteiger partial charge in [-0.3, -0.25) is 0 Å². The van der Waals surface area contributed by atoms with E-state index in [2.05, 4.69) is 0 Å². The average Bonchev–Trinajstić information content (AvgIpc) is 0.722. The quantitative estimate of drug-likeness (QED) is 0.334. The van der Waals surface area contributed by atoms with Crippen LogP contribution in [0.4, 0.5) is 0 Å². The van der Waals surface area contributed by atoms with Crippen LogP contribution >= 0.6 is 0 Å². The molecule has 0 spiro atoms. The van der Waals surface area contributed by atoms with Crippen LogP contribution in [0.2, 0.25) is 0 Å². The van der Waals surface area contributed by atoms with Gasteiger partial charge in [-0.15, -0.1) is 0 Å². The van der Waals surface area contributed by atoms with Gasteiger partial charge in [-0.2, -0.15) is 0 Å². The summed E-state index contributed by atoms with van der Waals surface area (Å²) in [6.45, 7) is 0. The maximum atomic E-state index is 8.58. The monoisotopic (exact) mass is 169 g/mol. The predicted octanol–water partition coefficient (Wildman–Crippen LogP) is -5.96. The third-order valence-corrected chi connectivity index (χ3v) is 0. The minimum absolute atomic E-state index is 0. The Hall–Kier alpha value is 0.523. The number of hydrogen-bond donors (Lipinski definition) is 0. The van der Waals surface area contributed by atoms with Crippen LogP contribution in [-0.2, 0) is 16.8 Å². The molecule has 0 aliphatic carbocycles. The van der Waals surface area contributed by atoms with E-state index >= 15 is 0 Å². The molecule has 0 atom stereocenters. The summed E-state index contributed by atoms with van der Waals surface area (Å²) in [4.78, 5) is 34.3. The maximum Gasteiger partial charge on any atom is 4.00 e. The van der Waals surface area contributed by atoms with E-state index in [0.29, 0.717) is 0 Å². The Morgan fingerprint density at radius 2 is 0.857 bits per heavy atom. The van der Waals surface area contributed by atoms with Crippen molar-refractivity contribution >= 4 is 9.05 Å². The first-order valence-electron chi connectivity index (χ1n) is 0.816. The second kappa shape index (κ2) is 4.68. The van der Waals surface area contributed by atoms with Crippen molar-refractivity contribution in [3.8, 4) is 0 Å². The van der Waals surface area contributed by atoms with E-state index in [1.54, 1.807) is 0 Å². The Labute approximate surface area is 51.2 Å². The molecule has 0 saturated carbocycles. The first-order valence-corrected chi connectivity index (χ1v) is 2.45. The van der Waals surface area contributed by atoms with E-state index in [1.165, 1.54) is 0 Å². The maximum absolute atomic E-state index is 8.58. The van der Waals surface area contributed by atoms with Gasteiger partial charge in [0.05, 0.1) is 0 Å². The molecule has 0 amide bonds. The zero-order chi connectivity index (χ0) is 4.50. The summed E-state index contributed by atoms with van der Waals surface area (Å²) in [6, 6.07) is 0. The minimum Gasteiger partial charge on any atom is -0.894 e. The van der Waals surface area contributed by atoms with Gasteiger partial charge >= 0.3 is 16.8 Å². The smallest absolute Gasteiger partial charge is 0.894 e. The molecule has 0 unspecified atom stereocenters. The molecule has 7 heteroatoms. The van der Waals surface area contributed by atoms with Crippen LogP contribution in [0.1, 0.15) is 0 Å². The fraction of sp³-hybridized carbons (Fsp3) is 0. The molecule has 0 aromatic carbocycles. The van der Waals surface area contributed by atoms with Gasteiger partial charge in [-0.1, -0.05) is 0 Å². The molecular weight excluding hydrogens is 167 g/mol. The Bertz CT molecular complexity index is 23.6. The van der Waals surface area contributed by atoms with E-state index in [-0.39, 0.29) is 22.3 Å². The van der Waals surface area contributed by atoms with E-state index < -0.39 is 9.05 Å². The molecule has 0 bridgehead atoms. The summed E-state index contributed by atoms with van der Waals surface area (Å²) in [5.74, 6) is 0. The summed E-state index contributed by atoms with van der Waals surface area (Å²) in [5, 5.41) is 0. The third kappa shape index (κ3) is 487. The van der Waals surface area contributed by atoms with Gasteiger partial charge in [0.1, 0.15) is 0 Å². The van der Waals surface area contributed by atoms with Crippen molar-refractivity contribution in [1.29, 1.82) is 0 Å². The van der Waals surface area contributed by atoms with Crippen LogP contribution in [0.25, 0.3) is 0 Å². The van der Waals surface area contributed by atoms with Crippen LogP contribution in [0, 0.1) is 0 Å². The summed E-state index contributed by atoms with van der Waals surface area (Å²) in [5.41, 5.74) is 0. The molecular formula is H2CoO5Si. The molecule has 1 radical (unpaired) electrons. The molecule has 7 heavy (non-hydrogen) atoms. The Balaban J connectivity index is -0.0000000800. The van der Waals surface area contributed by atoms with Crippen molar-refractivity contribution < 1.29 is 41.4 Å². The Morgan fingerprint density at radius 1 is 0.857 bits per heavy atom. The van der Waals surface area contributed by atoms with Crippen molar-refractivity contribution in [2.45, 2.75) is 0 Å². The third-order valence-electron chi connectivity index (χ3n) is 0. The van der Waals surface area contributed by atoms with Gasteiger partial charge in [0.15, 0.2) is 0 Å². The molecule has 0 saturated heterocycles. The molecule has 0 heterocycles. The topological polar surface area (TPSA) is 124 Å². The molecule has 0 aliphatic heterocycles. The largest absolute Gasteiger partial charge is 4.00 e. The van der Waals surface area contributed by atoms with Gasteiger partial charge in [0.2, 0.25) is 0 Å². The van der Waals surface area contributed by atoms with Gasteiger partial charge < -0.3 is 33.7 Å². The van der Waals surface area contributed by atoms with Crippen LogP contribution in [0.3, 0.4) is 0 Å². The van der Waals surface area contributed by atoms with Crippen molar-refractivity contribution in [3.63, 3.8) is 0 Å². The van der Waals surface area contributed by atoms with Gasteiger partial charge in [0.25, 0.3) is 0 Å². The molecule has 0 aliphatic rings. The summed E-state index contributed by atoms with van der Waals surface area (Å²) < 4.78 is 0. The van der Waals surface area contributed by atoms with Crippen LogP contribution in [0.15, 0.2) is 0 Å². The second-order valence-electron chi connectivity index (χ2n) is 0.500. The van der Waals surface area contributed by atoms with E-state index in [9.17, 15) is 0 Å². The van der Waals surface area contributed by atoms with Gasteiger partial charge in [0, 0.05) is 0 Å². The molecule has 45 valence electrons. The number of rotatable bonds is 0. The predicted molar refractivity (Wildman–Crippen MR) is 9.37 cm³/mol. The SMILES string of the molecule is O.[Co+4].[O-][Si]([O-])([O-])[O-]. The first-order chi connectivity index (χ1) is 2.00. The van der Waals surface area contributed by atoms with E-state index in [1.807, 2.05) is 0 Å². The average molecular weight is 169 g/mol. The minimum atomic E-state index is -5.61. The summed E-state index contributed by atoms with van der Waals surface area (Å²) >= 11 is 0. The van der Waals surface area contributed by atoms with E-state index in [4.69, 9.17) is 19.2 Å². The van der Waals surface area contributed by atoms with Crippen molar-refractivity contribution in [3.05, 3.63) is 0 Å². The van der Waals surface area contributed by atoms with Gasteiger partial charge in [-0.25, -0.2) is 0 Å².